The fraction of sp³-hybridized carbons (Fsp3) is 0.917. The van der Waals surface area contributed by atoms with E-state index < -0.39 is 11.4 Å². The lowest BCUT2D eigenvalue weighted by molar-refractivity contribution is -0.122. The van der Waals surface area contributed by atoms with E-state index in [9.17, 15) is 4.79 Å². The maximum absolute atomic E-state index is 11.1. The van der Waals surface area contributed by atoms with Gasteiger partial charge in [-0.1, -0.05) is 0 Å². The van der Waals surface area contributed by atoms with Gasteiger partial charge >= 0.3 is 0 Å². The molecular formula is C12H27N3O3. The number of rotatable bonds is 11. The first kappa shape index (κ1) is 17.3. The van der Waals surface area contributed by atoms with E-state index in [1.54, 1.807) is 21.1 Å². The van der Waals surface area contributed by atoms with Gasteiger partial charge < -0.3 is 20.9 Å². The SMILES string of the molecule is COCCN(CCCC(C)(N)C(N)=O)CCOC. The molecule has 0 aliphatic heterocycles. The molecule has 1 atom stereocenters. The van der Waals surface area contributed by atoms with Gasteiger partial charge in [0.25, 0.3) is 0 Å². The van der Waals surface area contributed by atoms with Gasteiger partial charge in [0.1, 0.15) is 0 Å². The molecule has 0 heterocycles. The molecule has 0 aliphatic carbocycles. The predicted octanol–water partition coefficient (Wildman–Crippen LogP) is -0.436. The van der Waals surface area contributed by atoms with E-state index in [4.69, 9.17) is 20.9 Å². The number of hydrogen-bond donors (Lipinski definition) is 2. The van der Waals surface area contributed by atoms with Crippen LogP contribution in [-0.4, -0.2) is 63.4 Å². The van der Waals surface area contributed by atoms with Crippen molar-refractivity contribution >= 4 is 5.91 Å². The summed E-state index contributed by atoms with van der Waals surface area (Å²) in [6.45, 7) is 5.57. The molecule has 0 saturated heterocycles. The van der Waals surface area contributed by atoms with Crippen molar-refractivity contribution in [2.75, 3.05) is 47.1 Å². The minimum absolute atomic E-state index is 0.456. The molecule has 0 saturated carbocycles. The number of hydrogen-bond acceptors (Lipinski definition) is 5. The van der Waals surface area contributed by atoms with Gasteiger partial charge in [0, 0.05) is 27.3 Å². The summed E-state index contributed by atoms with van der Waals surface area (Å²) in [5.41, 5.74) is 10.1. The lowest BCUT2D eigenvalue weighted by Crippen LogP contribution is -2.49. The maximum atomic E-state index is 11.1. The van der Waals surface area contributed by atoms with Crippen molar-refractivity contribution in [2.45, 2.75) is 25.3 Å². The highest BCUT2D eigenvalue weighted by atomic mass is 16.5. The number of carbonyl (C=O) groups is 1. The molecule has 0 rings (SSSR count). The van der Waals surface area contributed by atoms with E-state index in [0.29, 0.717) is 19.6 Å². The lowest BCUT2D eigenvalue weighted by Gasteiger charge is -2.25. The number of methoxy groups -OCH3 is 2. The minimum Gasteiger partial charge on any atom is -0.383 e. The molecule has 4 N–H and O–H groups in total. The summed E-state index contributed by atoms with van der Waals surface area (Å²) in [5, 5.41) is 0. The van der Waals surface area contributed by atoms with Gasteiger partial charge in [-0.25, -0.2) is 0 Å². The molecule has 0 radical (unpaired) electrons. The van der Waals surface area contributed by atoms with E-state index in [1.807, 2.05) is 0 Å². The highest BCUT2D eigenvalue weighted by Crippen LogP contribution is 2.08. The summed E-state index contributed by atoms with van der Waals surface area (Å²) >= 11 is 0. The van der Waals surface area contributed by atoms with Crippen LogP contribution in [0.1, 0.15) is 19.8 Å². The Morgan fingerprint density at radius 3 is 2.06 bits per heavy atom. The summed E-state index contributed by atoms with van der Waals surface area (Å²) in [6, 6.07) is 0. The molecular weight excluding hydrogens is 234 g/mol. The Balaban J connectivity index is 3.97. The van der Waals surface area contributed by atoms with Crippen molar-refractivity contribution in [3.8, 4) is 0 Å². The highest BCUT2D eigenvalue weighted by molar-refractivity contribution is 5.83. The van der Waals surface area contributed by atoms with Crippen molar-refractivity contribution in [3.63, 3.8) is 0 Å². The molecule has 0 aromatic rings. The Labute approximate surface area is 110 Å². The first-order chi connectivity index (χ1) is 8.44. The molecule has 0 bridgehead atoms. The second-order valence-corrected chi connectivity index (χ2v) is 4.71. The molecule has 0 spiro atoms. The number of primary amides is 1. The van der Waals surface area contributed by atoms with Crippen LogP contribution in [0.5, 0.6) is 0 Å². The standard InChI is InChI=1S/C12H27N3O3/c1-12(14,11(13)16)5-4-6-15(7-9-17-2)8-10-18-3/h4-10,14H2,1-3H3,(H2,13,16). The normalized spacial score (nSPS) is 14.7. The number of amides is 1. The first-order valence-corrected chi connectivity index (χ1v) is 6.23. The molecule has 108 valence electrons. The molecule has 0 aromatic carbocycles. The number of nitrogens with two attached hydrogens (primary N) is 2. The average molecular weight is 261 g/mol. The Kier molecular flexibility index (Phi) is 8.91. The Bertz CT molecular complexity index is 227. The second-order valence-electron chi connectivity index (χ2n) is 4.71. The van der Waals surface area contributed by atoms with E-state index in [1.165, 1.54) is 0 Å². The van der Waals surface area contributed by atoms with Crippen LogP contribution in [0.15, 0.2) is 0 Å². The number of ether oxygens (including phenoxy) is 2. The van der Waals surface area contributed by atoms with Gasteiger partial charge in [-0.2, -0.15) is 0 Å². The van der Waals surface area contributed by atoms with Crippen molar-refractivity contribution in [1.29, 1.82) is 0 Å². The summed E-state index contributed by atoms with van der Waals surface area (Å²) in [4.78, 5) is 13.3. The zero-order valence-corrected chi connectivity index (χ0v) is 11.8. The van der Waals surface area contributed by atoms with Crippen molar-refractivity contribution in [3.05, 3.63) is 0 Å². The molecule has 0 aliphatic rings. The van der Waals surface area contributed by atoms with Gasteiger partial charge in [-0.05, 0) is 26.3 Å². The second kappa shape index (κ2) is 9.27. The predicted molar refractivity (Wildman–Crippen MR) is 71.2 cm³/mol. The van der Waals surface area contributed by atoms with Crippen molar-refractivity contribution in [1.82, 2.24) is 4.90 Å². The maximum Gasteiger partial charge on any atom is 0.237 e. The summed E-state index contributed by atoms with van der Waals surface area (Å²) in [5.74, 6) is -0.456. The van der Waals surface area contributed by atoms with Gasteiger partial charge in [0.2, 0.25) is 5.91 Å². The van der Waals surface area contributed by atoms with E-state index >= 15 is 0 Å². The number of carbonyl (C=O) groups excluding carboxylic acids is 1. The molecule has 0 fully saturated rings. The third kappa shape index (κ3) is 7.60. The zero-order valence-electron chi connectivity index (χ0n) is 11.8. The topological polar surface area (TPSA) is 90.8 Å². The Morgan fingerprint density at radius 2 is 1.67 bits per heavy atom. The number of nitrogens with zero attached hydrogens (tertiary/aromatic N) is 1. The van der Waals surface area contributed by atoms with Gasteiger partial charge in [-0.3, -0.25) is 9.69 Å². The van der Waals surface area contributed by atoms with Crippen LogP contribution in [0.4, 0.5) is 0 Å². The van der Waals surface area contributed by atoms with Crippen LogP contribution >= 0.6 is 0 Å². The van der Waals surface area contributed by atoms with Crippen LogP contribution in [0.25, 0.3) is 0 Å². The minimum atomic E-state index is -0.922. The summed E-state index contributed by atoms with van der Waals surface area (Å²) < 4.78 is 10.1. The van der Waals surface area contributed by atoms with Gasteiger partial charge in [0.15, 0.2) is 0 Å². The fourth-order valence-corrected chi connectivity index (χ4v) is 1.57. The van der Waals surface area contributed by atoms with Gasteiger partial charge in [0.05, 0.1) is 18.8 Å². The fourth-order valence-electron chi connectivity index (χ4n) is 1.57. The smallest absolute Gasteiger partial charge is 0.237 e. The first-order valence-electron chi connectivity index (χ1n) is 6.23. The van der Waals surface area contributed by atoms with E-state index in [-0.39, 0.29) is 0 Å². The lowest BCUT2D eigenvalue weighted by atomic mass is 9.96. The van der Waals surface area contributed by atoms with Crippen molar-refractivity contribution < 1.29 is 14.3 Å². The van der Waals surface area contributed by atoms with Crippen LogP contribution in [0.3, 0.4) is 0 Å². The molecule has 0 aromatic heterocycles. The Hall–Kier alpha value is -0.690. The third-order valence-electron chi connectivity index (χ3n) is 2.96. The molecule has 6 nitrogen and oxygen atoms in total. The quantitative estimate of drug-likeness (QED) is 0.526. The van der Waals surface area contributed by atoms with Crippen LogP contribution in [-0.2, 0) is 14.3 Å². The van der Waals surface area contributed by atoms with Crippen LogP contribution < -0.4 is 11.5 Å². The van der Waals surface area contributed by atoms with Crippen LogP contribution in [0, 0.1) is 0 Å². The van der Waals surface area contributed by atoms with Crippen LogP contribution in [0.2, 0.25) is 0 Å². The molecule has 1 unspecified atom stereocenters. The van der Waals surface area contributed by atoms with Gasteiger partial charge in [-0.15, -0.1) is 0 Å². The zero-order chi connectivity index (χ0) is 14.0. The largest absolute Gasteiger partial charge is 0.383 e. The monoisotopic (exact) mass is 261 g/mol. The summed E-state index contributed by atoms with van der Waals surface area (Å²) in [7, 11) is 3.36. The summed E-state index contributed by atoms with van der Waals surface area (Å²) in [6.07, 6.45) is 1.40. The average Bonchev–Trinajstić information content (AvgIpc) is 2.31. The van der Waals surface area contributed by atoms with E-state index in [2.05, 4.69) is 4.90 Å². The van der Waals surface area contributed by atoms with E-state index in [0.717, 1.165) is 26.1 Å². The molecule has 18 heavy (non-hydrogen) atoms. The molecule has 1 amide bonds. The molecule has 6 heteroatoms. The highest BCUT2D eigenvalue weighted by Gasteiger charge is 2.24. The Morgan fingerprint density at radius 1 is 1.17 bits per heavy atom. The van der Waals surface area contributed by atoms with Crippen molar-refractivity contribution in [2.24, 2.45) is 11.5 Å². The third-order valence-corrected chi connectivity index (χ3v) is 2.96.